The Labute approximate surface area is 238 Å². The number of methoxy groups -OCH3 is 2. The number of hydrogen-bond acceptors (Lipinski definition) is 8. The Hall–Kier alpha value is -4.21. The summed E-state index contributed by atoms with van der Waals surface area (Å²) in [6.07, 6.45) is 4.87. The summed E-state index contributed by atoms with van der Waals surface area (Å²) in [6, 6.07) is 23.3. The lowest BCUT2D eigenvalue weighted by Gasteiger charge is -2.34. The predicted octanol–water partition coefficient (Wildman–Crippen LogP) is 5.41. The second-order valence-electron chi connectivity index (χ2n) is 9.38. The zero-order chi connectivity index (χ0) is 27.7. The van der Waals surface area contributed by atoms with E-state index in [1.54, 1.807) is 32.4 Å². The highest BCUT2D eigenvalue weighted by atomic mass is 32.1. The minimum absolute atomic E-state index is 0.0250. The topological polar surface area (TPSA) is 77.0 Å². The van der Waals surface area contributed by atoms with Crippen LogP contribution in [0.1, 0.15) is 27.3 Å². The maximum atomic E-state index is 13.3. The lowest BCUT2D eigenvalue weighted by atomic mass is 10.1. The Bertz CT molecular complexity index is 1450. The fourth-order valence-corrected chi connectivity index (χ4v) is 5.08. The van der Waals surface area contributed by atoms with Crippen LogP contribution in [0, 0.1) is 0 Å². The van der Waals surface area contributed by atoms with Crippen molar-refractivity contribution in [1.29, 1.82) is 0 Å². The Balaban J connectivity index is 1.19. The first kappa shape index (κ1) is 27.4. The Kier molecular flexibility index (Phi) is 9.05. The molecule has 1 amide bonds. The van der Waals surface area contributed by atoms with Gasteiger partial charge in [-0.05, 0) is 41.5 Å². The van der Waals surface area contributed by atoms with Crippen molar-refractivity contribution in [1.82, 2.24) is 19.2 Å². The second-order valence-corrected chi connectivity index (χ2v) is 10.1. The smallest absolute Gasteiger partial charge is 0.298 e. The molecule has 206 valence electrons. The number of ether oxygens (including phenoxy) is 3. The molecule has 1 saturated heterocycles. The number of amides is 1. The van der Waals surface area contributed by atoms with Crippen molar-refractivity contribution in [3.05, 3.63) is 101 Å². The van der Waals surface area contributed by atoms with Gasteiger partial charge in [0.25, 0.3) is 11.1 Å². The fraction of sp³-hybridized carbons (Fsp3) is 0.258. The Morgan fingerprint density at radius 3 is 2.52 bits per heavy atom. The average molecular weight is 557 g/mol. The molecule has 1 aromatic heterocycles. The van der Waals surface area contributed by atoms with Crippen LogP contribution in [-0.2, 0) is 6.42 Å². The predicted molar refractivity (Wildman–Crippen MR) is 157 cm³/mol. The van der Waals surface area contributed by atoms with Crippen LogP contribution in [-0.4, -0.2) is 72.0 Å². The van der Waals surface area contributed by atoms with Crippen LogP contribution in [0.4, 0.5) is 0 Å². The van der Waals surface area contributed by atoms with E-state index in [-0.39, 0.29) is 5.91 Å². The molecule has 40 heavy (non-hydrogen) atoms. The van der Waals surface area contributed by atoms with Crippen LogP contribution in [0.5, 0.6) is 22.4 Å². The molecule has 0 atom stereocenters. The molecule has 0 radical (unpaired) electrons. The first-order valence-corrected chi connectivity index (χ1v) is 13.9. The zero-order valence-corrected chi connectivity index (χ0v) is 23.5. The second kappa shape index (κ2) is 13.2. The molecule has 5 rings (SSSR count). The summed E-state index contributed by atoms with van der Waals surface area (Å²) in [7, 11) is 3.22. The highest BCUT2D eigenvalue weighted by Crippen LogP contribution is 2.34. The molecule has 0 bridgehead atoms. The molecule has 1 aliphatic rings. The third kappa shape index (κ3) is 7.05. The summed E-state index contributed by atoms with van der Waals surface area (Å²) in [5, 5.41) is 0.387. The van der Waals surface area contributed by atoms with E-state index in [1.165, 1.54) is 5.56 Å². The van der Waals surface area contributed by atoms with Crippen molar-refractivity contribution in [3.8, 4) is 22.4 Å². The highest BCUT2D eigenvalue weighted by Gasteiger charge is 2.23. The standard InChI is InChI=1S/C31H32N4O4S/c1-37-26-12-6-10-24(20-26)21-29-32-31(40-33-29)39-28-22-25(13-14-27(28)38-2)30(36)35-18-16-34(17-19-35)15-7-11-23-8-4-3-5-9-23/h3-14,20,22H,15-19,21H2,1-2H3. The van der Waals surface area contributed by atoms with Crippen LogP contribution >= 0.6 is 11.5 Å². The van der Waals surface area contributed by atoms with E-state index in [0.29, 0.717) is 47.6 Å². The Morgan fingerprint density at radius 1 is 0.925 bits per heavy atom. The molecular weight excluding hydrogens is 524 g/mol. The normalized spacial score (nSPS) is 13.9. The number of carbonyl (C=O) groups is 1. The van der Waals surface area contributed by atoms with Crippen molar-refractivity contribution in [3.63, 3.8) is 0 Å². The van der Waals surface area contributed by atoms with Crippen molar-refractivity contribution in [2.24, 2.45) is 0 Å². The van der Waals surface area contributed by atoms with E-state index in [9.17, 15) is 4.79 Å². The van der Waals surface area contributed by atoms with Crippen molar-refractivity contribution in [2.45, 2.75) is 6.42 Å². The SMILES string of the molecule is COc1cccc(Cc2nsc(Oc3cc(C(=O)N4CCN(CC=Cc5ccccc5)CC4)ccc3OC)n2)c1. The van der Waals surface area contributed by atoms with Gasteiger partial charge in [0.2, 0.25) is 0 Å². The molecule has 9 heteroatoms. The van der Waals surface area contributed by atoms with Crippen LogP contribution in [0.25, 0.3) is 6.08 Å². The minimum atomic E-state index is -0.0250. The molecule has 0 N–H and O–H groups in total. The molecule has 4 aromatic rings. The molecule has 2 heterocycles. The average Bonchev–Trinajstić information content (AvgIpc) is 3.44. The van der Waals surface area contributed by atoms with Crippen LogP contribution in [0.15, 0.2) is 78.9 Å². The number of aromatic nitrogens is 2. The lowest BCUT2D eigenvalue weighted by molar-refractivity contribution is 0.0650. The van der Waals surface area contributed by atoms with E-state index in [2.05, 4.69) is 38.5 Å². The minimum Gasteiger partial charge on any atom is -0.497 e. The van der Waals surface area contributed by atoms with E-state index < -0.39 is 0 Å². The summed E-state index contributed by atoms with van der Waals surface area (Å²) < 4.78 is 21.3. The van der Waals surface area contributed by atoms with E-state index in [4.69, 9.17) is 14.2 Å². The summed E-state index contributed by atoms with van der Waals surface area (Å²) >= 11 is 1.16. The van der Waals surface area contributed by atoms with Crippen molar-refractivity contribution < 1.29 is 19.0 Å². The van der Waals surface area contributed by atoms with Gasteiger partial charge in [-0.2, -0.15) is 9.36 Å². The quantitative estimate of drug-likeness (QED) is 0.259. The number of benzene rings is 3. The molecule has 1 aliphatic heterocycles. The third-order valence-electron chi connectivity index (χ3n) is 6.69. The Morgan fingerprint density at radius 2 is 1.75 bits per heavy atom. The van der Waals surface area contributed by atoms with Crippen LogP contribution < -0.4 is 14.2 Å². The van der Waals surface area contributed by atoms with E-state index in [0.717, 1.165) is 42.5 Å². The molecule has 0 saturated carbocycles. The molecule has 8 nitrogen and oxygen atoms in total. The number of nitrogens with zero attached hydrogens (tertiary/aromatic N) is 4. The molecule has 0 unspecified atom stereocenters. The van der Waals surface area contributed by atoms with E-state index >= 15 is 0 Å². The van der Waals surface area contributed by atoms with Gasteiger partial charge in [0, 0.05) is 56.2 Å². The maximum absolute atomic E-state index is 13.3. The van der Waals surface area contributed by atoms with Gasteiger partial charge in [0.15, 0.2) is 17.3 Å². The zero-order valence-electron chi connectivity index (χ0n) is 22.7. The summed E-state index contributed by atoms with van der Waals surface area (Å²) in [4.78, 5) is 22.1. The number of carbonyl (C=O) groups excluding carboxylic acids is 1. The highest BCUT2D eigenvalue weighted by molar-refractivity contribution is 7.07. The third-order valence-corrected chi connectivity index (χ3v) is 7.32. The monoisotopic (exact) mass is 556 g/mol. The first-order chi connectivity index (χ1) is 19.6. The molecule has 0 spiro atoms. The van der Waals surface area contributed by atoms with Crippen LogP contribution in [0.3, 0.4) is 0 Å². The summed E-state index contributed by atoms with van der Waals surface area (Å²) in [5.74, 6) is 2.37. The summed E-state index contributed by atoms with van der Waals surface area (Å²) in [5.41, 5.74) is 2.78. The van der Waals surface area contributed by atoms with Gasteiger partial charge < -0.3 is 19.1 Å². The molecular formula is C31H32N4O4S. The van der Waals surface area contributed by atoms with Gasteiger partial charge in [-0.25, -0.2) is 0 Å². The summed E-state index contributed by atoms with van der Waals surface area (Å²) in [6.45, 7) is 3.85. The van der Waals surface area contributed by atoms with Crippen molar-refractivity contribution in [2.75, 3.05) is 46.9 Å². The van der Waals surface area contributed by atoms with Gasteiger partial charge in [0.1, 0.15) is 5.75 Å². The van der Waals surface area contributed by atoms with Gasteiger partial charge in [-0.15, -0.1) is 0 Å². The number of rotatable bonds is 10. The van der Waals surface area contributed by atoms with Crippen molar-refractivity contribution >= 4 is 23.5 Å². The molecule has 3 aromatic carbocycles. The van der Waals surface area contributed by atoms with E-state index in [1.807, 2.05) is 47.4 Å². The largest absolute Gasteiger partial charge is 0.497 e. The lowest BCUT2D eigenvalue weighted by Crippen LogP contribution is -2.48. The number of hydrogen-bond donors (Lipinski definition) is 0. The van der Waals surface area contributed by atoms with Gasteiger partial charge in [-0.1, -0.05) is 54.6 Å². The van der Waals surface area contributed by atoms with Crippen LogP contribution in [0.2, 0.25) is 0 Å². The molecule has 0 aliphatic carbocycles. The van der Waals surface area contributed by atoms with Gasteiger partial charge in [0.05, 0.1) is 14.2 Å². The van der Waals surface area contributed by atoms with Gasteiger partial charge in [-0.3, -0.25) is 9.69 Å². The fourth-order valence-electron chi connectivity index (χ4n) is 4.52. The number of piperazine rings is 1. The molecule has 1 fully saturated rings. The first-order valence-electron chi connectivity index (χ1n) is 13.2. The maximum Gasteiger partial charge on any atom is 0.298 e. The van der Waals surface area contributed by atoms with Gasteiger partial charge >= 0.3 is 0 Å².